The van der Waals surface area contributed by atoms with Crippen LogP contribution in [0.15, 0.2) is 54.6 Å². The number of nitrogens with one attached hydrogen (secondary N) is 2. The molecule has 2 amide bonds. The van der Waals surface area contributed by atoms with Crippen molar-refractivity contribution in [2.24, 2.45) is 0 Å². The molecule has 0 aliphatic heterocycles. The monoisotopic (exact) mass is 388 g/mol. The van der Waals surface area contributed by atoms with Crippen molar-refractivity contribution in [3.05, 3.63) is 71.3 Å². The molecule has 148 valence electrons. The van der Waals surface area contributed by atoms with Crippen LogP contribution in [0.3, 0.4) is 0 Å². The largest absolute Gasteiger partial charge is 0.354 e. The fourth-order valence-electron chi connectivity index (χ4n) is 2.93. The Labute approximate surface area is 172 Å². The second kappa shape index (κ2) is 11.5. The van der Waals surface area contributed by atoms with E-state index in [0.717, 1.165) is 18.4 Å². The van der Waals surface area contributed by atoms with E-state index in [1.54, 1.807) is 24.3 Å². The van der Waals surface area contributed by atoms with Gasteiger partial charge in [0.25, 0.3) is 0 Å². The molecule has 5 nitrogen and oxygen atoms in total. The van der Waals surface area contributed by atoms with Crippen LogP contribution in [0, 0.1) is 12.3 Å². The number of benzene rings is 2. The number of unbranched alkanes of at least 4 members (excludes halogenated alkanes) is 2. The van der Waals surface area contributed by atoms with Crippen LogP contribution >= 0.6 is 0 Å². The summed E-state index contributed by atoms with van der Waals surface area (Å²) in [5, 5.41) is 5.54. The molecule has 2 aromatic rings. The van der Waals surface area contributed by atoms with E-state index in [-0.39, 0.29) is 17.5 Å². The molecule has 0 heterocycles. The van der Waals surface area contributed by atoms with Crippen LogP contribution in [0.1, 0.15) is 40.7 Å². The zero-order valence-electron chi connectivity index (χ0n) is 16.6. The molecule has 0 unspecified atom stereocenters. The summed E-state index contributed by atoms with van der Waals surface area (Å²) in [6.07, 6.45) is 7.87. The van der Waals surface area contributed by atoms with E-state index in [2.05, 4.69) is 16.6 Å². The zero-order chi connectivity index (χ0) is 21.1. The lowest BCUT2D eigenvalue weighted by atomic mass is 9.98. The molecule has 0 fully saturated rings. The lowest BCUT2D eigenvalue weighted by molar-refractivity contribution is -0.122. The quantitative estimate of drug-likeness (QED) is 0.283. The molecule has 1 atom stereocenters. The van der Waals surface area contributed by atoms with Crippen LogP contribution in [0.25, 0.3) is 0 Å². The Kier molecular flexibility index (Phi) is 8.71. The second-order valence-electron chi connectivity index (χ2n) is 6.80. The molecule has 0 saturated heterocycles. The molecule has 0 saturated carbocycles. The zero-order valence-corrected chi connectivity index (χ0v) is 16.6. The van der Waals surface area contributed by atoms with Gasteiger partial charge in [-0.1, -0.05) is 54.6 Å². The van der Waals surface area contributed by atoms with Crippen LogP contribution in [-0.2, 0) is 11.2 Å². The van der Waals surface area contributed by atoms with Crippen LogP contribution in [0.4, 0.5) is 4.79 Å². The van der Waals surface area contributed by atoms with Gasteiger partial charge in [-0.25, -0.2) is 0 Å². The highest BCUT2D eigenvalue weighted by Crippen LogP contribution is 2.12. The molecular formula is C23H25BN2O3. The van der Waals surface area contributed by atoms with Crippen molar-refractivity contribution >= 4 is 25.3 Å². The summed E-state index contributed by atoms with van der Waals surface area (Å²) in [5.74, 6) is 2.01. The number of ketones is 1. The van der Waals surface area contributed by atoms with Crippen molar-refractivity contribution in [2.45, 2.75) is 31.7 Å². The Bertz CT molecular complexity index is 873. The molecular weight excluding hydrogens is 363 g/mol. The molecule has 0 aromatic heterocycles. The highest BCUT2D eigenvalue weighted by atomic mass is 16.2. The molecule has 0 spiro atoms. The first kappa shape index (κ1) is 22.0. The third kappa shape index (κ3) is 7.30. The standard InChI is InChI=1S/C23H25BN2O3/c1-2-3-4-8-15-25-22(28)20(26-23(24)29)16-17-11-13-19(14-12-17)21(27)18-9-6-5-7-10-18/h1,5-7,9-14,20H,3-4,8,15-16,24H2,(H,25,28)(H,26,29)/t20-/m0/s1. The molecule has 6 heteroatoms. The predicted octanol–water partition coefficient (Wildman–Crippen LogP) is 2.09. The second-order valence-corrected chi connectivity index (χ2v) is 6.80. The van der Waals surface area contributed by atoms with Crippen LogP contribution in [0.2, 0.25) is 0 Å². The lowest BCUT2D eigenvalue weighted by Gasteiger charge is -2.18. The van der Waals surface area contributed by atoms with Gasteiger partial charge in [0.2, 0.25) is 13.8 Å². The van der Waals surface area contributed by atoms with Gasteiger partial charge in [0.15, 0.2) is 11.6 Å². The SMILES string of the molecule is BC(=O)N[C@@H](Cc1ccc(C(=O)c2ccccc2)cc1)C(=O)NCCCCC#C. The highest BCUT2D eigenvalue weighted by molar-refractivity contribution is 6.57. The van der Waals surface area contributed by atoms with Gasteiger partial charge >= 0.3 is 0 Å². The number of carbonyl (C=O) groups is 3. The average Bonchev–Trinajstić information content (AvgIpc) is 2.73. The van der Waals surface area contributed by atoms with E-state index < -0.39 is 6.04 Å². The number of carbonyl (C=O) groups excluding carboxylic acids is 3. The maximum atomic E-state index is 12.5. The van der Waals surface area contributed by atoms with Gasteiger partial charge in [0.1, 0.15) is 6.04 Å². The molecule has 2 aromatic carbocycles. The maximum Gasteiger partial charge on any atom is 0.242 e. The van der Waals surface area contributed by atoms with E-state index >= 15 is 0 Å². The van der Waals surface area contributed by atoms with Crippen LogP contribution in [0.5, 0.6) is 0 Å². The minimum absolute atomic E-state index is 0.0553. The maximum absolute atomic E-state index is 12.5. The summed E-state index contributed by atoms with van der Waals surface area (Å²) >= 11 is 0. The van der Waals surface area contributed by atoms with Crippen molar-refractivity contribution in [1.82, 2.24) is 10.6 Å². The molecule has 0 aliphatic rings. The highest BCUT2D eigenvalue weighted by Gasteiger charge is 2.19. The molecule has 29 heavy (non-hydrogen) atoms. The van der Waals surface area contributed by atoms with E-state index in [1.165, 1.54) is 7.85 Å². The third-order valence-corrected chi connectivity index (χ3v) is 4.43. The Balaban J connectivity index is 1.99. The Morgan fingerprint density at radius 2 is 1.62 bits per heavy atom. The smallest absolute Gasteiger partial charge is 0.242 e. The van der Waals surface area contributed by atoms with Gasteiger partial charge in [-0.15, -0.1) is 12.3 Å². The summed E-state index contributed by atoms with van der Waals surface area (Å²) < 4.78 is 0. The molecule has 0 aliphatic carbocycles. The lowest BCUT2D eigenvalue weighted by Crippen LogP contribution is -2.48. The molecule has 0 radical (unpaired) electrons. The van der Waals surface area contributed by atoms with E-state index in [0.29, 0.717) is 30.5 Å². The van der Waals surface area contributed by atoms with Gasteiger partial charge in [-0.3, -0.25) is 14.4 Å². The summed E-state index contributed by atoms with van der Waals surface area (Å²) in [5.41, 5.74) is 2.06. The average molecular weight is 388 g/mol. The third-order valence-electron chi connectivity index (χ3n) is 4.43. The Hall–Kier alpha value is -3.33. The van der Waals surface area contributed by atoms with Crippen molar-refractivity contribution in [2.75, 3.05) is 6.54 Å². The van der Waals surface area contributed by atoms with E-state index in [9.17, 15) is 14.4 Å². The topological polar surface area (TPSA) is 75.3 Å². The van der Waals surface area contributed by atoms with E-state index in [1.807, 2.05) is 30.3 Å². The molecule has 0 bridgehead atoms. The van der Waals surface area contributed by atoms with Crippen LogP contribution < -0.4 is 10.6 Å². The minimum atomic E-state index is -0.671. The summed E-state index contributed by atoms with van der Waals surface area (Å²) in [7, 11) is 1.38. The Morgan fingerprint density at radius 1 is 0.966 bits per heavy atom. The Morgan fingerprint density at radius 3 is 2.24 bits per heavy atom. The summed E-state index contributed by atoms with van der Waals surface area (Å²) in [6, 6.07) is 15.5. The first-order valence-electron chi connectivity index (χ1n) is 9.68. The van der Waals surface area contributed by atoms with Gasteiger partial charge in [0.05, 0.1) is 0 Å². The first-order valence-corrected chi connectivity index (χ1v) is 9.68. The number of hydrogen-bond acceptors (Lipinski definition) is 3. The fourth-order valence-corrected chi connectivity index (χ4v) is 2.93. The van der Waals surface area contributed by atoms with Crippen molar-refractivity contribution in [1.29, 1.82) is 0 Å². The van der Waals surface area contributed by atoms with Crippen molar-refractivity contribution < 1.29 is 14.4 Å². The number of hydrogen-bond donors (Lipinski definition) is 2. The van der Waals surface area contributed by atoms with Gasteiger partial charge < -0.3 is 10.6 Å². The van der Waals surface area contributed by atoms with E-state index in [4.69, 9.17) is 6.42 Å². The van der Waals surface area contributed by atoms with Gasteiger partial charge in [0, 0.05) is 30.5 Å². The normalized spacial score (nSPS) is 11.1. The first-order chi connectivity index (χ1) is 14.0. The number of rotatable bonds is 10. The summed E-state index contributed by atoms with van der Waals surface area (Å²) in [4.78, 5) is 36.5. The van der Waals surface area contributed by atoms with Gasteiger partial charge in [-0.05, 0) is 18.4 Å². The van der Waals surface area contributed by atoms with Gasteiger partial charge in [-0.2, -0.15) is 0 Å². The molecule has 2 N–H and O–H groups in total. The molecule has 2 rings (SSSR count). The predicted molar refractivity (Wildman–Crippen MR) is 117 cm³/mol. The van der Waals surface area contributed by atoms with Crippen molar-refractivity contribution in [3.8, 4) is 12.3 Å². The van der Waals surface area contributed by atoms with Crippen LogP contribution in [-0.4, -0.2) is 37.9 Å². The fraction of sp³-hybridized carbons (Fsp3) is 0.261. The summed E-state index contributed by atoms with van der Waals surface area (Å²) in [6.45, 7) is 0.515. The minimum Gasteiger partial charge on any atom is -0.354 e. The number of amides is 2. The van der Waals surface area contributed by atoms with Crippen molar-refractivity contribution in [3.63, 3.8) is 0 Å². The number of terminal acetylenes is 1.